The first-order valence-electron chi connectivity index (χ1n) is 6.48. The lowest BCUT2D eigenvalue weighted by atomic mass is 10.0. The van der Waals surface area contributed by atoms with E-state index in [1.54, 1.807) is 43.3 Å². The van der Waals surface area contributed by atoms with Gasteiger partial charge in [-0.05, 0) is 48.9 Å². The van der Waals surface area contributed by atoms with Crippen molar-refractivity contribution in [2.45, 2.75) is 19.1 Å². The first-order chi connectivity index (χ1) is 10.0. The van der Waals surface area contributed by atoms with Crippen molar-refractivity contribution in [1.29, 1.82) is 0 Å². The van der Waals surface area contributed by atoms with Gasteiger partial charge in [-0.1, -0.05) is 17.7 Å². The van der Waals surface area contributed by atoms with E-state index >= 15 is 0 Å². The molecule has 0 saturated carbocycles. The molecule has 2 aromatic carbocycles. The van der Waals surface area contributed by atoms with Crippen molar-refractivity contribution in [2.24, 2.45) is 0 Å². The van der Waals surface area contributed by atoms with Gasteiger partial charge in [0.1, 0.15) is 18.0 Å². The molecule has 112 valence electrons. The number of methoxy groups -OCH3 is 1. The fraction of sp³-hybridized carbons (Fsp3) is 0.250. The van der Waals surface area contributed by atoms with Crippen LogP contribution in [0.4, 0.5) is 0 Å². The number of benzene rings is 2. The average molecular weight is 309 g/mol. The molecule has 0 spiro atoms. The van der Waals surface area contributed by atoms with Gasteiger partial charge >= 0.3 is 0 Å². The number of aliphatic hydroxyl groups is 1. The van der Waals surface area contributed by atoms with Gasteiger partial charge in [0.2, 0.25) is 0 Å². The fourth-order valence-corrected chi connectivity index (χ4v) is 2.07. The van der Waals surface area contributed by atoms with Gasteiger partial charge in [0.25, 0.3) is 0 Å². The van der Waals surface area contributed by atoms with Crippen molar-refractivity contribution in [3.8, 4) is 17.2 Å². The lowest BCUT2D eigenvalue weighted by molar-refractivity contribution is 0.0466. The van der Waals surface area contributed by atoms with Gasteiger partial charge in [-0.2, -0.15) is 0 Å². The van der Waals surface area contributed by atoms with E-state index in [4.69, 9.17) is 21.1 Å². The number of phenols is 1. The van der Waals surface area contributed by atoms with Gasteiger partial charge < -0.3 is 19.7 Å². The van der Waals surface area contributed by atoms with Crippen LogP contribution in [-0.4, -0.2) is 23.4 Å². The van der Waals surface area contributed by atoms with Crippen LogP contribution in [0.2, 0.25) is 5.02 Å². The zero-order chi connectivity index (χ0) is 15.4. The van der Waals surface area contributed by atoms with Crippen LogP contribution in [0.1, 0.15) is 18.6 Å². The molecule has 4 nitrogen and oxygen atoms in total. The lowest BCUT2D eigenvalue weighted by Crippen LogP contribution is -2.21. The van der Waals surface area contributed by atoms with Crippen molar-refractivity contribution in [1.82, 2.24) is 0 Å². The molecule has 2 aromatic rings. The minimum absolute atomic E-state index is 0.0275. The molecule has 0 aliphatic heterocycles. The summed E-state index contributed by atoms with van der Waals surface area (Å²) >= 11 is 5.81. The molecular formula is C16H17ClO4. The topological polar surface area (TPSA) is 58.9 Å². The molecule has 0 aliphatic rings. The van der Waals surface area contributed by atoms with Gasteiger partial charge in [-0.3, -0.25) is 0 Å². The molecule has 21 heavy (non-hydrogen) atoms. The third-order valence-electron chi connectivity index (χ3n) is 3.13. The SMILES string of the molecule is COc1cc(C(O)C(C)Oc2ccc(Cl)cc2)ccc1O. The smallest absolute Gasteiger partial charge is 0.160 e. The number of ether oxygens (including phenoxy) is 2. The second kappa shape index (κ2) is 6.70. The third kappa shape index (κ3) is 3.80. The normalized spacial score (nSPS) is 13.5. The first kappa shape index (κ1) is 15.5. The van der Waals surface area contributed by atoms with Gasteiger partial charge in [0.15, 0.2) is 11.5 Å². The summed E-state index contributed by atoms with van der Waals surface area (Å²) in [7, 11) is 1.46. The van der Waals surface area contributed by atoms with Crippen LogP contribution in [0.3, 0.4) is 0 Å². The molecule has 0 radical (unpaired) electrons. The highest BCUT2D eigenvalue weighted by molar-refractivity contribution is 6.30. The van der Waals surface area contributed by atoms with E-state index < -0.39 is 12.2 Å². The molecule has 0 aromatic heterocycles. The Morgan fingerprint density at radius 3 is 2.38 bits per heavy atom. The summed E-state index contributed by atoms with van der Waals surface area (Å²) in [5.41, 5.74) is 0.603. The minimum Gasteiger partial charge on any atom is -0.504 e. The lowest BCUT2D eigenvalue weighted by Gasteiger charge is -2.21. The van der Waals surface area contributed by atoms with Crippen LogP contribution >= 0.6 is 11.6 Å². The summed E-state index contributed by atoms with van der Waals surface area (Å²) in [5, 5.41) is 20.5. The Bertz CT molecular complexity index is 598. The van der Waals surface area contributed by atoms with Crippen LogP contribution in [0.15, 0.2) is 42.5 Å². The standard InChI is InChI=1S/C16H17ClO4/c1-10(21-13-6-4-12(17)5-7-13)16(19)11-3-8-14(18)15(9-11)20-2/h3-10,16,18-19H,1-2H3. The van der Waals surface area contributed by atoms with E-state index in [1.807, 2.05) is 0 Å². The molecule has 2 rings (SSSR count). The summed E-state index contributed by atoms with van der Waals surface area (Å²) in [4.78, 5) is 0. The fourth-order valence-electron chi connectivity index (χ4n) is 1.94. The van der Waals surface area contributed by atoms with Crippen molar-refractivity contribution in [2.75, 3.05) is 7.11 Å². The van der Waals surface area contributed by atoms with E-state index in [1.165, 1.54) is 13.2 Å². The van der Waals surface area contributed by atoms with E-state index in [2.05, 4.69) is 0 Å². The highest BCUT2D eigenvalue weighted by Gasteiger charge is 2.19. The molecule has 0 saturated heterocycles. The van der Waals surface area contributed by atoms with Gasteiger partial charge in [-0.25, -0.2) is 0 Å². The van der Waals surface area contributed by atoms with Crippen molar-refractivity contribution in [3.05, 3.63) is 53.1 Å². The Kier molecular flexibility index (Phi) is 4.94. The maximum absolute atomic E-state index is 10.3. The highest BCUT2D eigenvalue weighted by Crippen LogP contribution is 2.31. The molecule has 2 N–H and O–H groups in total. The van der Waals surface area contributed by atoms with Crippen LogP contribution in [0, 0.1) is 0 Å². The third-order valence-corrected chi connectivity index (χ3v) is 3.38. The Hall–Kier alpha value is -1.91. The monoisotopic (exact) mass is 308 g/mol. The van der Waals surface area contributed by atoms with Crippen molar-refractivity contribution >= 4 is 11.6 Å². The molecule has 2 atom stereocenters. The first-order valence-corrected chi connectivity index (χ1v) is 6.86. The van der Waals surface area contributed by atoms with Crippen LogP contribution < -0.4 is 9.47 Å². The Morgan fingerprint density at radius 2 is 1.76 bits per heavy atom. The number of halogens is 1. The summed E-state index contributed by atoms with van der Waals surface area (Å²) in [6.07, 6.45) is -1.32. The number of aromatic hydroxyl groups is 1. The van der Waals surface area contributed by atoms with Crippen LogP contribution in [-0.2, 0) is 0 Å². The van der Waals surface area contributed by atoms with Gasteiger partial charge in [-0.15, -0.1) is 0 Å². The number of aliphatic hydroxyl groups excluding tert-OH is 1. The van der Waals surface area contributed by atoms with E-state index in [0.717, 1.165) is 0 Å². The quantitative estimate of drug-likeness (QED) is 0.887. The predicted molar refractivity (Wildman–Crippen MR) is 81.2 cm³/mol. The van der Waals surface area contributed by atoms with E-state index in [9.17, 15) is 10.2 Å². The van der Waals surface area contributed by atoms with E-state index in [-0.39, 0.29) is 5.75 Å². The second-order valence-corrected chi connectivity index (χ2v) is 5.09. The number of hydrogen-bond acceptors (Lipinski definition) is 4. The maximum atomic E-state index is 10.3. The Labute approximate surface area is 128 Å². The van der Waals surface area contributed by atoms with Crippen molar-refractivity contribution in [3.63, 3.8) is 0 Å². The zero-order valence-electron chi connectivity index (χ0n) is 11.8. The summed E-state index contributed by atoms with van der Waals surface area (Å²) in [6, 6.07) is 11.6. The minimum atomic E-state index is -0.852. The summed E-state index contributed by atoms with van der Waals surface area (Å²) in [5.74, 6) is 0.960. The second-order valence-electron chi connectivity index (χ2n) is 4.65. The molecule has 2 unspecified atom stereocenters. The highest BCUT2D eigenvalue weighted by atomic mass is 35.5. The Balaban J connectivity index is 2.11. The molecule has 0 bridgehead atoms. The zero-order valence-corrected chi connectivity index (χ0v) is 12.5. The van der Waals surface area contributed by atoms with Crippen molar-refractivity contribution < 1.29 is 19.7 Å². The largest absolute Gasteiger partial charge is 0.504 e. The Morgan fingerprint density at radius 1 is 1.10 bits per heavy atom. The molecule has 0 aliphatic carbocycles. The molecule has 0 fully saturated rings. The van der Waals surface area contributed by atoms with Crippen LogP contribution in [0.5, 0.6) is 17.2 Å². The number of rotatable bonds is 5. The molecule has 0 amide bonds. The molecular weight excluding hydrogens is 292 g/mol. The average Bonchev–Trinajstić information content (AvgIpc) is 2.49. The van der Waals surface area contributed by atoms with Gasteiger partial charge in [0.05, 0.1) is 7.11 Å². The van der Waals surface area contributed by atoms with Crippen LogP contribution in [0.25, 0.3) is 0 Å². The number of hydrogen-bond donors (Lipinski definition) is 2. The van der Waals surface area contributed by atoms with Gasteiger partial charge in [0, 0.05) is 5.02 Å². The summed E-state index contributed by atoms with van der Waals surface area (Å²) < 4.78 is 10.7. The molecule has 5 heteroatoms. The predicted octanol–water partition coefficient (Wildman–Crippen LogP) is 3.56. The maximum Gasteiger partial charge on any atom is 0.160 e. The number of phenolic OH excluding ortho intramolecular Hbond substituents is 1. The van der Waals surface area contributed by atoms with E-state index in [0.29, 0.717) is 22.1 Å². The molecule has 0 heterocycles. The summed E-state index contributed by atoms with van der Waals surface area (Å²) in [6.45, 7) is 1.76.